The summed E-state index contributed by atoms with van der Waals surface area (Å²) in [4.78, 5) is 0. The van der Waals surface area contributed by atoms with Gasteiger partial charge >= 0.3 is 0 Å². The van der Waals surface area contributed by atoms with E-state index in [1.807, 2.05) is 103 Å². The van der Waals surface area contributed by atoms with Crippen molar-refractivity contribution in [1.82, 2.24) is 9.13 Å². The molecule has 0 fully saturated rings. The van der Waals surface area contributed by atoms with E-state index < -0.39 is 0 Å². The summed E-state index contributed by atoms with van der Waals surface area (Å²) >= 11 is 0. The van der Waals surface area contributed by atoms with Gasteiger partial charge in [-0.1, -0.05) is 91.0 Å². The molecule has 0 saturated carbocycles. The molecule has 0 aliphatic heterocycles. The highest BCUT2D eigenvalue weighted by Gasteiger charge is 2.19. The molecule has 7 aromatic carbocycles. The lowest BCUT2D eigenvalue weighted by molar-refractivity contribution is 1.17. The van der Waals surface area contributed by atoms with E-state index in [9.17, 15) is 15.8 Å². The third-order valence-corrected chi connectivity index (χ3v) is 9.63. The number of fused-ring (bicyclic) bond motifs is 6. The van der Waals surface area contributed by atoms with Crippen LogP contribution in [0.15, 0.2) is 152 Å². The first-order valence-electron chi connectivity index (χ1n) is 16.3. The molecule has 0 aliphatic rings. The highest BCUT2D eigenvalue weighted by molar-refractivity contribution is 6.11. The molecular weight excluding hydrogens is 611 g/mol. The molecule has 230 valence electrons. The number of hydrogen-bond donors (Lipinski definition) is 0. The van der Waals surface area contributed by atoms with E-state index in [2.05, 4.69) is 75.9 Å². The normalized spacial score (nSPS) is 11.1. The molecule has 50 heavy (non-hydrogen) atoms. The molecule has 0 amide bonds. The molecule has 5 heteroatoms. The molecule has 0 aliphatic carbocycles. The number of nitriles is 3. The van der Waals surface area contributed by atoms with Crippen molar-refractivity contribution in [2.45, 2.75) is 0 Å². The molecule has 2 aromatic heterocycles. The van der Waals surface area contributed by atoms with Crippen LogP contribution in [0.5, 0.6) is 0 Å². The van der Waals surface area contributed by atoms with Gasteiger partial charge in [0.25, 0.3) is 0 Å². The van der Waals surface area contributed by atoms with E-state index in [-0.39, 0.29) is 0 Å². The Balaban J connectivity index is 1.20. The van der Waals surface area contributed by atoms with Crippen LogP contribution in [0.2, 0.25) is 0 Å². The standard InChI is InChI=1S/C45H25N5/c46-26-29-19-22-44-40(23-29)38-14-3-6-18-43(38)50(44)41-16-4-1-12-36(41)31-10-7-9-30(24-31)35-21-20-34(25-33(35)28-48)49-42-17-5-2-13-37(42)39-15-8-11-32(27-47)45(39)49/h1-25H. The Hall–Kier alpha value is -7.39. The van der Waals surface area contributed by atoms with Crippen LogP contribution in [-0.2, 0) is 0 Å². The number of hydrogen-bond acceptors (Lipinski definition) is 3. The summed E-state index contributed by atoms with van der Waals surface area (Å²) in [5.74, 6) is 0. The lowest BCUT2D eigenvalue weighted by Gasteiger charge is -2.15. The summed E-state index contributed by atoms with van der Waals surface area (Å²) in [6, 6.07) is 57.8. The topological polar surface area (TPSA) is 81.2 Å². The van der Waals surface area contributed by atoms with Crippen LogP contribution in [0.1, 0.15) is 16.7 Å². The van der Waals surface area contributed by atoms with Crippen molar-refractivity contribution in [3.8, 4) is 51.8 Å². The second-order valence-corrected chi connectivity index (χ2v) is 12.3. The number of nitrogens with zero attached hydrogens (tertiary/aromatic N) is 5. The third kappa shape index (κ3) is 4.31. The second-order valence-electron chi connectivity index (χ2n) is 12.3. The summed E-state index contributed by atoms with van der Waals surface area (Å²) in [7, 11) is 0. The Kier molecular flexibility index (Phi) is 6.56. The van der Waals surface area contributed by atoms with Crippen molar-refractivity contribution in [3.63, 3.8) is 0 Å². The van der Waals surface area contributed by atoms with Gasteiger partial charge in [-0.3, -0.25) is 0 Å². The molecule has 0 unspecified atom stereocenters. The molecule has 0 saturated heterocycles. The highest BCUT2D eigenvalue weighted by atomic mass is 15.0. The van der Waals surface area contributed by atoms with E-state index in [4.69, 9.17) is 0 Å². The number of aromatic nitrogens is 2. The summed E-state index contributed by atoms with van der Waals surface area (Å²) in [6.07, 6.45) is 0. The van der Waals surface area contributed by atoms with Crippen LogP contribution >= 0.6 is 0 Å². The van der Waals surface area contributed by atoms with Crippen molar-refractivity contribution in [2.75, 3.05) is 0 Å². The van der Waals surface area contributed by atoms with Crippen molar-refractivity contribution >= 4 is 43.6 Å². The zero-order valence-electron chi connectivity index (χ0n) is 26.7. The third-order valence-electron chi connectivity index (χ3n) is 9.63. The minimum Gasteiger partial charge on any atom is -0.309 e. The maximum atomic E-state index is 10.5. The predicted molar refractivity (Wildman–Crippen MR) is 200 cm³/mol. The maximum absolute atomic E-state index is 10.5. The van der Waals surface area contributed by atoms with Gasteiger partial charge in [0.1, 0.15) is 6.07 Å². The molecule has 9 rings (SSSR count). The van der Waals surface area contributed by atoms with Crippen LogP contribution in [-0.4, -0.2) is 9.13 Å². The minimum absolute atomic E-state index is 0.545. The number of rotatable bonds is 4. The average Bonchev–Trinajstić information content (AvgIpc) is 3.70. The molecule has 0 spiro atoms. The Morgan fingerprint density at radius 1 is 0.400 bits per heavy atom. The van der Waals surface area contributed by atoms with Crippen molar-refractivity contribution < 1.29 is 0 Å². The second kappa shape index (κ2) is 11.4. The van der Waals surface area contributed by atoms with Gasteiger partial charge in [-0.15, -0.1) is 0 Å². The van der Waals surface area contributed by atoms with Gasteiger partial charge in [-0.25, -0.2) is 0 Å². The lowest BCUT2D eigenvalue weighted by Crippen LogP contribution is -1.98. The van der Waals surface area contributed by atoms with Crippen molar-refractivity contribution in [3.05, 3.63) is 168 Å². The zero-order chi connectivity index (χ0) is 33.8. The summed E-state index contributed by atoms with van der Waals surface area (Å²) in [6.45, 7) is 0. The molecule has 0 N–H and O–H groups in total. The van der Waals surface area contributed by atoms with Crippen molar-refractivity contribution in [1.29, 1.82) is 15.8 Å². The summed E-state index contributed by atoms with van der Waals surface area (Å²) in [5.41, 5.74) is 11.3. The molecular formula is C45H25N5. The molecule has 9 aromatic rings. The predicted octanol–water partition coefficient (Wildman–Crippen LogP) is 10.8. The Bertz CT molecular complexity index is 2970. The minimum atomic E-state index is 0.545. The summed E-state index contributed by atoms with van der Waals surface area (Å²) < 4.78 is 4.36. The van der Waals surface area contributed by atoms with E-state index in [0.717, 1.165) is 77.2 Å². The van der Waals surface area contributed by atoms with E-state index in [1.165, 1.54) is 0 Å². The Labute approximate surface area is 287 Å². The first-order chi connectivity index (χ1) is 24.7. The quantitative estimate of drug-likeness (QED) is 0.193. The van der Waals surface area contributed by atoms with Crippen LogP contribution in [0.3, 0.4) is 0 Å². The van der Waals surface area contributed by atoms with E-state index >= 15 is 0 Å². The fraction of sp³-hybridized carbons (Fsp3) is 0. The number of para-hydroxylation sites is 4. The van der Waals surface area contributed by atoms with Gasteiger partial charge in [0.15, 0.2) is 0 Å². The molecule has 0 atom stereocenters. The van der Waals surface area contributed by atoms with E-state index in [0.29, 0.717) is 16.7 Å². The fourth-order valence-corrected chi connectivity index (χ4v) is 7.46. The highest BCUT2D eigenvalue weighted by Crippen LogP contribution is 2.39. The molecule has 2 heterocycles. The number of benzene rings is 7. The zero-order valence-corrected chi connectivity index (χ0v) is 26.7. The van der Waals surface area contributed by atoms with Crippen molar-refractivity contribution in [2.24, 2.45) is 0 Å². The van der Waals surface area contributed by atoms with Crippen LogP contribution in [0, 0.1) is 34.0 Å². The largest absolute Gasteiger partial charge is 0.309 e. The van der Waals surface area contributed by atoms with Crippen LogP contribution in [0.4, 0.5) is 0 Å². The average molecular weight is 636 g/mol. The van der Waals surface area contributed by atoms with Crippen LogP contribution < -0.4 is 0 Å². The van der Waals surface area contributed by atoms with Crippen LogP contribution in [0.25, 0.3) is 77.2 Å². The van der Waals surface area contributed by atoms with Gasteiger partial charge < -0.3 is 9.13 Å². The first kappa shape index (κ1) is 28.8. The first-order valence-corrected chi connectivity index (χ1v) is 16.3. The molecule has 5 nitrogen and oxygen atoms in total. The Morgan fingerprint density at radius 2 is 1.04 bits per heavy atom. The molecule has 0 bridgehead atoms. The van der Waals surface area contributed by atoms with Gasteiger partial charge in [0, 0.05) is 32.8 Å². The van der Waals surface area contributed by atoms with Gasteiger partial charge in [0.2, 0.25) is 0 Å². The Morgan fingerprint density at radius 3 is 1.82 bits per heavy atom. The maximum Gasteiger partial charge on any atom is 0.101 e. The van der Waals surface area contributed by atoms with Gasteiger partial charge in [-0.05, 0) is 77.4 Å². The SMILES string of the molecule is N#Cc1ccc2c(c1)c1ccccc1n2-c1ccccc1-c1cccc(-c2ccc(-n3c4ccccc4c4cccc(C#N)c43)cc2C#N)c1. The van der Waals surface area contributed by atoms with Gasteiger partial charge in [0.05, 0.1) is 56.6 Å². The monoisotopic (exact) mass is 635 g/mol. The smallest absolute Gasteiger partial charge is 0.101 e. The van der Waals surface area contributed by atoms with E-state index in [1.54, 1.807) is 0 Å². The lowest BCUT2D eigenvalue weighted by atomic mass is 9.95. The summed E-state index contributed by atoms with van der Waals surface area (Å²) in [5, 5.41) is 34.3. The molecule has 0 radical (unpaired) electrons. The fourth-order valence-electron chi connectivity index (χ4n) is 7.46. The van der Waals surface area contributed by atoms with Gasteiger partial charge in [-0.2, -0.15) is 15.8 Å².